The SMILES string of the molecule is Cc1ccc2c(-c3nc(-c4cccc([C@]5(O)CCN(C)C5=O)c4)cs3)c[nH]c2n1. The number of carbonyl (C=O) groups is 1. The van der Waals surface area contributed by atoms with Crippen LogP contribution in [0.4, 0.5) is 0 Å². The molecule has 4 aromatic rings. The topological polar surface area (TPSA) is 82.1 Å². The third kappa shape index (κ3) is 2.85. The number of nitrogens with one attached hydrogen (secondary N) is 1. The van der Waals surface area contributed by atoms with Gasteiger partial charge in [0.25, 0.3) is 5.91 Å². The van der Waals surface area contributed by atoms with Crippen molar-refractivity contribution in [3.05, 3.63) is 59.2 Å². The number of aryl methyl sites for hydroxylation is 1. The van der Waals surface area contributed by atoms with Crippen LogP contribution >= 0.6 is 11.3 Å². The molecule has 0 spiro atoms. The second-order valence-corrected chi connectivity index (χ2v) is 8.36. The number of nitrogens with zero attached hydrogens (tertiary/aromatic N) is 3. The first-order valence-electron chi connectivity index (χ1n) is 9.45. The van der Waals surface area contributed by atoms with Crippen molar-refractivity contribution in [3.63, 3.8) is 0 Å². The van der Waals surface area contributed by atoms with Crippen LogP contribution in [0.15, 0.2) is 48.0 Å². The Bertz CT molecular complexity index is 1240. The van der Waals surface area contributed by atoms with Crippen LogP contribution < -0.4 is 0 Å². The highest BCUT2D eigenvalue weighted by Gasteiger charge is 2.45. The first-order valence-corrected chi connectivity index (χ1v) is 10.3. The monoisotopic (exact) mass is 404 g/mol. The lowest BCUT2D eigenvalue weighted by molar-refractivity contribution is -0.143. The Labute approximate surface area is 171 Å². The average Bonchev–Trinajstić information content (AvgIpc) is 3.43. The van der Waals surface area contributed by atoms with Crippen LogP contribution in [0.2, 0.25) is 0 Å². The van der Waals surface area contributed by atoms with Crippen LogP contribution in [0.5, 0.6) is 0 Å². The van der Waals surface area contributed by atoms with E-state index >= 15 is 0 Å². The Morgan fingerprint density at radius 2 is 2.10 bits per heavy atom. The second kappa shape index (κ2) is 6.50. The number of fused-ring (bicyclic) bond motifs is 1. The van der Waals surface area contributed by atoms with E-state index in [2.05, 4.69) is 16.0 Å². The van der Waals surface area contributed by atoms with Gasteiger partial charge in [0.05, 0.1) is 5.69 Å². The molecule has 1 aliphatic rings. The first kappa shape index (κ1) is 18.0. The van der Waals surface area contributed by atoms with E-state index in [1.807, 2.05) is 48.8 Å². The van der Waals surface area contributed by atoms with E-state index in [4.69, 9.17) is 4.98 Å². The number of thiazole rings is 1. The van der Waals surface area contributed by atoms with E-state index in [9.17, 15) is 9.90 Å². The summed E-state index contributed by atoms with van der Waals surface area (Å²) in [5.41, 5.74) is 3.71. The summed E-state index contributed by atoms with van der Waals surface area (Å²) in [6.07, 6.45) is 2.34. The zero-order chi connectivity index (χ0) is 20.2. The van der Waals surface area contributed by atoms with Crippen molar-refractivity contribution in [3.8, 4) is 21.8 Å². The zero-order valence-electron chi connectivity index (χ0n) is 16.1. The molecule has 0 bridgehead atoms. The highest BCUT2D eigenvalue weighted by atomic mass is 32.1. The lowest BCUT2D eigenvalue weighted by Gasteiger charge is -2.21. The molecule has 0 radical (unpaired) electrons. The van der Waals surface area contributed by atoms with Crippen molar-refractivity contribution < 1.29 is 9.90 Å². The van der Waals surface area contributed by atoms with E-state index in [-0.39, 0.29) is 5.91 Å². The van der Waals surface area contributed by atoms with E-state index < -0.39 is 5.60 Å². The minimum absolute atomic E-state index is 0.254. The summed E-state index contributed by atoms with van der Waals surface area (Å²) in [6, 6.07) is 11.6. The predicted molar refractivity (Wildman–Crippen MR) is 114 cm³/mol. The molecule has 3 aromatic heterocycles. The number of pyridine rings is 1. The molecule has 7 heteroatoms. The molecule has 2 N–H and O–H groups in total. The standard InChI is InChI=1S/C22H20N4O2S/c1-13-6-7-16-17(11-23-19(16)24-13)20-25-18(12-29-20)14-4-3-5-15(10-14)22(28)8-9-26(2)21(22)27/h3-7,10-12,28H,8-9H2,1-2H3,(H,23,24)/t22-/m1/s1. The fraction of sp³-hybridized carbons (Fsp3) is 0.227. The van der Waals surface area contributed by atoms with Gasteiger partial charge in [0, 0.05) is 53.8 Å². The third-order valence-electron chi connectivity index (χ3n) is 5.56. The number of benzene rings is 1. The molecular formula is C22H20N4O2S. The number of likely N-dealkylation sites (N-methyl/N-ethyl adjacent to an activating group) is 1. The average molecular weight is 404 g/mol. The van der Waals surface area contributed by atoms with Gasteiger partial charge in [-0.3, -0.25) is 4.79 Å². The number of carbonyl (C=O) groups excluding carboxylic acids is 1. The third-order valence-corrected chi connectivity index (χ3v) is 6.43. The van der Waals surface area contributed by atoms with Crippen molar-refractivity contribution >= 4 is 28.3 Å². The van der Waals surface area contributed by atoms with Gasteiger partial charge in [-0.1, -0.05) is 18.2 Å². The Balaban J connectivity index is 1.52. The van der Waals surface area contributed by atoms with Gasteiger partial charge in [0.15, 0.2) is 5.60 Å². The molecule has 1 fully saturated rings. The summed E-state index contributed by atoms with van der Waals surface area (Å²) >= 11 is 1.56. The normalized spacial score (nSPS) is 19.4. The minimum Gasteiger partial charge on any atom is -0.375 e. The summed E-state index contributed by atoms with van der Waals surface area (Å²) in [5.74, 6) is -0.254. The van der Waals surface area contributed by atoms with Gasteiger partial charge in [0.2, 0.25) is 0 Å². The van der Waals surface area contributed by atoms with Crippen LogP contribution in [0, 0.1) is 6.92 Å². The molecule has 6 nitrogen and oxygen atoms in total. The maximum absolute atomic E-state index is 12.4. The second-order valence-electron chi connectivity index (χ2n) is 7.51. The number of amides is 1. The molecule has 1 amide bonds. The van der Waals surface area contributed by atoms with Gasteiger partial charge < -0.3 is 15.0 Å². The Kier molecular flexibility index (Phi) is 4.04. The number of hydrogen-bond donors (Lipinski definition) is 2. The maximum atomic E-state index is 12.4. The largest absolute Gasteiger partial charge is 0.375 e. The van der Waals surface area contributed by atoms with Gasteiger partial charge in [-0.2, -0.15) is 0 Å². The maximum Gasteiger partial charge on any atom is 0.258 e. The summed E-state index contributed by atoms with van der Waals surface area (Å²) < 4.78 is 0. The van der Waals surface area contributed by atoms with Crippen molar-refractivity contribution in [1.82, 2.24) is 19.9 Å². The molecule has 1 aliphatic heterocycles. The fourth-order valence-corrected chi connectivity index (χ4v) is 4.73. The minimum atomic E-state index is -1.45. The van der Waals surface area contributed by atoms with Crippen molar-refractivity contribution in [1.29, 1.82) is 0 Å². The molecule has 0 aliphatic carbocycles. The van der Waals surface area contributed by atoms with Crippen LogP contribution in [0.1, 0.15) is 17.7 Å². The quantitative estimate of drug-likeness (QED) is 0.545. The van der Waals surface area contributed by atoms with Crippen molar-refractivity contribution in [2.24, 2.45) is 0 Å². The van der Waals surface area contributed by atoms with E-state index in [0.717, 1.165) is 38.6 Å². The van der Waals surface area contributed by atoms with Crippen LogP contribution in [0.3, 0.4) is 0 Å². The highest BCUT2D eigenvalue weighted by Crippen LogP contribution is 2.36. The summed E-state index contributed by atoms with van der Waals surface area (Å²) in [5, 5.41) is 14.9. The molecule has 1 saturated heterocycles. The molecule has 0 saturated carbocycles. The molecule has 1 aromatic carbocycles. The van der Waals surface area contributed by atoms with Crippen LogP contribution in [-0.4, -0.2) is 44.5 Å². The summed E-state index contributed by atoms with van der Waals surface area (Å²) in [4.78, 5) is 26.6. The number of aliphatic hydroxyl groups is 1. The zero-order valence-corrected chi connectivity index (χ0v) is 17.0. The molecular weight excluding hydrogens is 384 g/mol. The van der Waals surface area contributed by atoms with Gasteiger partial charge >= 0.3 is 0 Å². The Morgan fingerprint density at radius 1 is 1.24 bits per heavy atom. The first-order chi connectivity index (χ1) is 14.0. The van der Waals surface area contributed by atoms with Gasteiger partial charge in [0.1, 0.15) is 10.7 Å². The lowest BCUT2D eigenvalue weighted by Crippen LogP contribution is -2.36. The molecule has 1 atom stereocenters. The van der Waals surface area contributed by atoms with E-state index in [1.54, 1.807) is 23.3 Å². The molecule has 146 valence electrons. The number of aromatic nitrogens is 3. The summed E-state index contributed by atoms with van der Waals surface area (Å²) in [7, 11) is 1.72. The number of aromatic amines is 1. The van der Waals surface area contributed by atoms with Gasteiger partial charge in [-0.25, -0.2) is 9.97 Å². The Morgan fingerprint density at radius 3 is 2.90 bits per heavy atom. The van der Waals surface area contributed by atoms with E-state index in [0.29, 0.717) is 18.5 Å². The fourth-order valence-electron chi connectivity index (χ4n) is 3.87. The molecule has 0 unspecified atom stereocenters. The van der Waals surface area contributed by atoms with Crippen molar-refractivity contribution in [2.75, 3.05) is 13.6 Å². The number of rotatable bonds is 3. The number of likely N-dealkylation sites (tertiary alicyclic amines) is 1. The van der Waals surface area contributed by atoms with Crippen LogP contribution in [0.25, 0.3) is 32.9 Å². The van der Waals surface area contributed by atoms with Gasteiger partial charge in [-0.05, 0) is 30.7 Å². The Hall–Kier alpha value is -3.03. The molecule has 4 heterocycles. The molecule has 29 heavy (non-hydrogen) atoms. The van der Waals surface area contributed by atoms with Gasteiger partial charge in [-0.15, -0.1) is 11.3 Å². The summed E-state index contributed by atoms with van der Waals surface area (Å²) in [6.45, 7) is 2.52. The smallest absolute Gasteiger partial charge is 0.258 e. The molecule has 5 rings (SSSR count). The number of hydrogen-bond acceptors (Lipinski definition) is 5. The predicted octanol–water partition coefficient (Wildman–Crippen LogP) is 3.71. The van der Waals surface area contributed by atoms with E-state index in [1.165, 1.54) is 0 Å². The highest BCUT2D eigenvalue weighted by molar-refractivity contribution is 7.13. The van der Waals surface area contributed by atoms with Crippen molar-refractivity contribution in [2.45, 2.75) is 18.9 Å². The lowest BCUT2D eigenvalue weighted by atomic mass is 9.90. The van der Waals surface area contributed by atoms with Crippen LogP contribution in [-0.2, 0) is 10.4 Å². The number of H-pyrrole nitrogens is 1.